The van der Waals surface area contributed by atoms with E-state index in [1.807, 2.05) is 18.2 Å². The van der Waals surface area contributed by atoms with Crippen LogP contribution in [-0.2, 0) is 24.3 Å². The minimum Gasteiger partial charge on any atom is -0.497 e. The number of ether oxygens (including phenoxy) is 2. The Hall–Kier alpha value is -3.18. The molecule has 32 heavy (non-hydrogen) atoms. The van der Waals surface area contributed by atoms with Crippen LogP contribution in [0.4, 0.5) is 5.82 Å². The van der Waals surface area contributed by atoms with E-state index in [1.165, 1.54) is 38.3 Å². The highest BCUT2D eigenvalue weighted by molar-refractivity contribution is 7.89. The van der Waals surface area contributed by atoms with Gasteiger partial charge < -0.3 is 19.3 Å². The lowest BCUT2D eigenvalue weighted by Crippen LogP contribution is -2.50. The molecule has 2 heterocycles. The van der Waals surface area contributed by atoms with Gasteiger partial charge in [0.05, 0.1) is 12.0 Å². The van der Waals surface area contributed by atoms with Crippen LogP contribution in [0.1, 0.15) is 6.92 Å². The van der Waals surface area contributed by atoms with E-state index in [0.717, 1.165) is 5.82 Å². The molecule has 1 aliphatic heterocycles. The lowest BCUT2D eigenvalue weighted by molar-refractivity contribution is -0.153. The van der Waals surface area contributed by atoms with Gasteiger partial charge in [0.15, 0.2) is 6.61 Å². The molecule has 0 unspecified atom stereocenters. The molecule has 1 amide bonds. The molecule has 10 nitrogen and oxygen atoms in total. The van der Waals surface area contributed by atoms with Gasteiger partial charge in [-0.15, -0.1) is 0 Å². The molecule has 0 spiro atoms. The summed E-state index contributed by atoms with van der Waals surface area (Å²) in [5.41, 5.74) is 0. The molecule has 0 saturated carbocycles. The normalized spacial score (nSPS) is 15.2. The van der Waals surface area contributed by atoms with Crippen molar-refractivity contribution in [2.75, 3.05) is 44.8 Å². The summed E-state index contributed by atoms with van der Waals surface area (Å²) in [5.74, 6) is 0.201. The predicted octanol–water partition coefficient (Wildman–Crippen LogP) is 0.649. The minimum atomic E-state index is -3.93. The summed E-state index contributed by atoms with van der Waals surface area (Å²) in [5, 5.41) is 0. The van der Waals surface area contributed by atoms with Crippen LogP contribution < -0.4 is 14.4 Å². The Morgan fingerprint density at radius 1 is 1.09 bits per heavy atom. The Morgan fingerprint density at radius 3 is 2.38 bits per heavy atom. The summed E-state index contributed by atoms with van der Waals surface area (Å²) in [6.07, 6.45) is 1.72. The second-order valence-corrected chi connectivity index (χ2v) is 8.90. The van der Waals surface area contributed by atoms with Crippen molar-refractivity contribution < 1.29 is 27.5 Å². The van der Waals surface area contributed by atoms with Crippen LogP contribution in [0.5, 0.6) is 5.75 Å². The third-order valence-electron chi connectivity index (χ3n) is 5.00. The van der Waals surface area contributed by atoms with Gasteiger partial charge in [-0.2, -0.15) is 4.72 Å². The second-order valence-electron chi connectivity index (χ2n) is 7.18. The van der Waals surface area contributed by atoms with Gasteiger partial charge >= 0.3 is 5.97 Å². The number of esters is 1. The van der Waals surface area contributed by atoms with E-state index in [2.05, 4.69) is 14.6 Å². The van der Waals surface area contributed by atoms with Gasteiger partial charge in [-0.1, -0.05) is 6.07 Å². The highest BCUT2D eigenvalue weighted by Crippen LogP contribution is 2.16. The fourth-order valence-electron chi connectivity index (χ4n) is 3.18. The number of nitrogens with zero attached hydrogens (tertiary/aromatic N) is 3. The van der Waals surface area contributed by atoms with Gasteiger partial charge in [0.2, 0.25) is 10.0 Å². The highest BCUT2D eigenvalue weighted by Gasteiger charge is 2.26. The van der Waals surface area contributed by atoms with Crippen molar-refractivity contribution in [3.05, 3.63) is 48.7 Å². The van der Waals surface area contributed by atoms with E-state index >= 15 is 0 Å². The number of benzene rings is 1. The van der Waals surface area contributed by atoms with Crippen LogP contribution in [0, 0.1) is 0 Å². The minimum absolute atomic E-state index is 0.0141. The molecule has 172 valence electrons. The number of piperazine rings is 1. The zero-order valence-corrected chi connectivity index (χ0v) is 18.7. The first-order valence-corrected chi connectivity index (χ1v) is 11.6. The van der Waals surface area contributed by atoms with E-state index in [9.17, 15) is 18.0 Å². The molecule has 1 aliphatic rings. The smallest absolute Gasteiger partial charge is 0.324 e. The van der Waals surface area contributed by atoms with Crippen LogP contribution in [0.15, 0.2) is 53.6 Å². The van der Waals surface area contributed by atoms with E-state index in [-0.39, 0.29) is 10.8 Å². The van der Waals surface area contributed by atoms with Gasteiger partial charge in [-0.05, 0) is 43.3 Å². The van der Waals surface area contributed by atoms with Crippen LogP contribution in [0.25, 0.3) is 0 Å². The van der Waals surface area contributed by atoms with Crippen LogP contribution in [-0.4, -0.2) is 76.1 Å². The number of hydrogen-bond acceptors (Lipinski definition) is 8. The molecule has 1 fully saturated rings. The van der Waals surface area contributed by atoms with Crippen molar-refractivity contribution in [2.24, 2.45) is 0 Å². The Labute approximate surface area is 187 Å². The van der Waals surface area contributed by atoms with Crippen LogP contribution in [0.2, 0.25) is 0 Å². The van der Waals surface area contributed by atoms with Crippen molar-refractivity contribution in [2.45, 2.75) is 17.9 Å². The number of aromatic nitrogens is 1. The molecule has 0 aliphatic carbocycles. The SMILES string of the molecule is COc1ccc(S(=O)(=O)N[C@@H](C)C(=O)OCC(=O)N2CCN(c3ccccn3)CC2)cc1. The quantitative estimate of drug-likeness (QED) is 0.568. The zero-order chi connectivity index (χ0) is 23.1. The molecule has 11 heteroatoms. The summed E-state index contributed by atoms with van der Waals surface area (Å²) in [7, 11) is -2.46. The molecule has 0 bridgehead atoms. The standard InChI is InChI=1S/C21H26N4O6S/c1-16(23-32(28,29)18-8-6-17(30-2)7-9-18)21(27)31-15-20(26)25-13-11-24(12-14-25)19-5-3-4-10-22-19/h3-10,16,23H,11-15H2,1-2H3/t16-/m0/s1. The highest BCUT2D eigenvalue weighted by atomic mass is 32.2. The molecule has 1 aromatic carbocycles. The molecular formula is C21H26N4O6S. The number of pyridine rings is 1. The number of hydrogen-bond donors (Lipinski definition) is 1. The number of sulfonamides is 1. The molecule has 2 aromatic rings. The number of anilines is 1. The number of carbonyl (C=O) groups excluding carboxylic acids is 2. The molecule has 3 rings (SSSR count). The monoisotopic (exact) mass is 462 g/mol. The summed E-state index contributed by atoms with van der Waals surface area (Å²) in [4.78, 5) is 32.6. The molecule has 1 N–H and O–H groups in total. The first-order valence-electron chi connectivity index (χ1n) is 10.1. The topological polar surface area (TPSA) is 118 Å². The largest absolute Gasteiger partial charge is 0.497 e. The lowest BCUT2D eigenvalue weighted by atomic mass is 10.3. The van der Waals surface area contributed by atoms with E-state index < -0.39 is 28.6 Å². The average Bonchev–Trinajstić information content (AvgIpc) is 2.82. The predicted molar refractivity (Wildman–Crippen MR) is 117 cm³/mol. The summed E-state index contributed by atoms with van der Waals surface area (Å²) in [6, 6.07) is 10.2. The second kappa shape index (κ2) is 10.4. The number of amides is 1. The van der Waals surface area contributed by atoms with Gasteiger partial charge in [0.25, 0.3) is 5.91 Å². The van der Waals surface area contributed by atoms with E-state index in [0.29, 0.717) is 31.9 Å². The van der Waals surface area contributed by atoms with Crippen molar-refractivity contribution in [3.8, 4) is 5.75 Å². The molecule has 1 aromatic heterocycles. The molecular weight excluding hydrogens is 436 g/mol. The average molecular weight is 463 g/mol. The van der Waals surface area contributed by atoms with Crippen LogP contribution in [0.3, 0.4) is 0 Å². The Morgan fingerprint density at radius 2 is 1.78 bits per heavy atom. The Bertz CT molecular complexity index is 1020. The maximum absolute atomic E-state index is 12.4. The fraction of sp³-hybridized carbons (Fsp3) is 0.381. The van der Waals surface area contributed by atoms with Crippen molar-refractivity contribution in [3.63, 3.8) is 0 Å². The summed E-state index contributed by atoms with van der Waals surface area (Å²) < 4.78 is 37.2. The van der Waals surface area contributed by atoms with Gasteiger partial charge in [-0.3, -0.25) is 9.59 Å². The number of methoxy groups -OCH3 is 1. The van der Waals surface area contributed by atoms with E-state index in [4.69, 9.17) is 9.47 Å². The third-order valence-corrected chi connectivity index (χ3v) is 6.56. The van der Waals surface area contributed by atoms with Gasteiger partial charge in [0, 0.05) is 32.4 Å². The number of rotatable bonds is 8. The van der Waals surface area contributed by atoms with E-state index in [1.54, 1.807) is 11.1 Å². The number of nitrogens with one attached hydrogen (secondary N) is 1. The molecule has 1 saturated heterocycles. The fourth-order valence-corrected chi connectivity index (χ4v) is 4.37. The first kappa shape index (κ1) is 23.5. The Kier molecular flexibility index (Phi) is 7.65. The molecule has 0 radical (unpaired) electrons. The first-order chi connectivity index (χ1) is 15.3. The van der Waals surface area contributed by atoms with Gasteiger partial charge in [0.1, 0.15) is 17.6 Å². The lowest BCUT2D eigenvalue weighted by Gasteiger charge is -2.35. The number of carbonyl (C=O) groups is 2. The third kappa shape index (κ3) is 5.95. The summed E-state index contributed by atoms with van der Waals surface area (Å²) in [6.45, 7) is 3.11. The van der Waals surface area contributed by atoms with Crippen molar-refractivity contribution in [1.29, 1.82) is 0 Å². The summed E-state index contributed by atoms with van der Waals surface area (Å²) >= 11 is 0. The maximum atomic E-state index is 12.4. The van der Waals surface area contributed by atoms with Crippen molar-refractivity contribution in [1.82, 2.24) is 14.6 Å². The van der Waals surface area contributed by atoms with Crippen LogP contribution >= 0.6 is 0 Å². The Balaban J connectivity index is 1.45. The maximum Gasteiger partial charge on any atom is 0.324 e. The van der Waals surface area contributed by atoms with Crippen molar-refractivity contribution >= 4 is 27.7 Å². The zero-order valence-electron chi connectivity index (χ0n) is 17.9. The van der Waals surface area contributed by atoms with Gasteiger partial charge in [-0.25, -0.2) is 13.4 Å². The molecule has 1 atom stereocenters.